The molecule has 2 aromatic carbocycles. The van der Waals surface area contributed by atoms with Gasteiger partial charge in [-0.3, -0.25) is 4.79 Å². The summed E-state index contributed by atoms with van der Waals surface area (Å²) in [6, 6.07) is 9.63. The van der Waals surface area contributed by atoms with E-state index in [2.05, 4.69) is 0 Å². The summed E-state index contributed by atoms with van der Waals surface area (Å²) >= 11 is 0. The van der Waals surface area contributed by atoms with Crippen molar-refractivity contribution in [3.63, 3.8) is 0 Å². The first-order valence-corrected chi connectivity index (χ1v) is 5.99. The molecule has 0 aliphatic heterocycles. The minimum atomic E-state index is -0.383. The zero-order chi connectivity index (χ0) is 14.7. The van der Waals surface area contributed by atoms with Gasteiger partial charge in [-0.1, -0.05) is 12.1 Å². The van der Waals surface area contributed by atoms with Crippen molar-refractivity contribution in [2.75, 3.05) is 7.05 Å². The van der Waals surface area contributed by atoms with Crippen molar-refractivity contribution in [3.8, 4) is 11.5 Å². The van der Waals surface area contributed by atoms with Crippen LogP contribution in [0.5, 0.6) is 11.5 Å². The number of benzene rings is 2. The normalized spacial score (nSPS) is 10.3. The van der Waals surface area contributed by atoms with Gasteiger partial charge in [-0.05, 0) is 29.8 Å². The molecule has 0 saturated heterocycles. The predicted octanol–water partition coefficient (Wildman–Crippen LogP) is 2.51. The number of nitrogens with zero attached hydrogens (tertiary/aromatic N) is 1. The number of hydrogen-bond donors (Lipinski definition) is 2. The monoisotopic (exact) mass is 275 g/mol. The summed E-state index contributed by atoms with van der Waals surface area (Å²) in [6.45, 7) is 0.291. The van der Waals surface area contributed by atoms with E-state index >= 15 is 0 Å². The predicted molar refractivity (Wildman–Crippen MR) is 72.0 cm³/mol. The van der Waals surface area contributed by atoms with Gasteiger partial charge in [-0.15, -0.1) is 0 Å². The Morgan fingerprint density at radius 2 is 1.80 bits per heavy atom. The van der Waals surface area contributed by atoms with Crippen LogP contribution < -0.4 is 0 Å². The van der Waals surface area contributed by atoms with Gasteiger partial charge in [0.1, 0.15) is 17.3 Å². The molecule has 0 aliphatic carbocycles. The lowest BCUT2D eigenvalue weighted by molar-refractivity contribution is 0.0782. The van der Waals surface area contributed by atoms with Crippen molar-refractivity contribution >= 4 is 5.91 Å². The number of phenolic OH excluding ortho intramolecular Hbond substituents is 2. The van der Waals surface area contributed by atoms with Gasteiger partial charge in [0.2, 0.25) is 0 Å². The van der Waals surface area contributed by atoms with Gasteiger partial charge in [-0.2, -0.15) is 0 Å². The van der Waals surface area contributed by atoms with E-state index in [0.717, 1.165) is 11.6 Å². The number of carbonyl (C=O) groups excluding carboxylic acids is 1. The van der Waals surface area contributed by atoms with Crippen molar-refractivity contribution in [1.29, 1.82) is 0 Å². The Morgan fingerprint density at radius 3 is 2.40 bits per heavy atom. The third kappa shape index (κ3) is 3.06. The molecule has 5 heteroatoms. The Balaban J connectivity index is 2.14. The maximum absolute atomic E-state index is 12.8. The van der Waals surface area contributed by atoms with E-state index in [9.17, 15) is 19.4 Å². The van der Waals surface area contributed by atoms with E-state index in [-0.39, 0.29) is 28.8 Å². The fraction of sp³-hybridized carbons (Fsp3) is 0.133. The first-order chi connectivity index (χ1) is 9.47. The molecule has 0 aromatic heterocycles. The molecular weight excluding hydrogens is 261 g/mol. The molecule has 20 heavy (non-hydrogen) atoms. The Labute approximate surface area is 115 Å². The molecular formula is C15H14FNO3. The van der Waals surface area contributed by atoms with E-state index in [1.165, 1.54) is 29.2 Å². The van der Waals surface area contributed by atoms with Crippen molar-refractivity contribution in [2.45, 2.75) is 6.54 Å². The third-order valence-corrected chi connectivity index (χ3v) is 2.89. The molecule has 0 spiro atoms. The highest BCUT2D eigenvalue weighted by atomic mass is 19.1. The van der Waals surface area contributed by atoms with Gasteiger partial charge in [0.05, 0.1) is 5.56 Å². The highest BCUT2D eigenvalue weighted by Gasteiger charge is 2.16. The number of halogens is 1. The standard InChI is InChI=1S/C15H14FNO3/c1-17(9-10-2-4-11(16)5-3-10)15(20)13-7-6-12(18)8-14(13)19/h2-8,18-19H,9H2,1H3. The lowest BCUT2D eigenvalue weighted by atomic mass is 10.1. The average molecular weight is 275 g/mol. The van der Waals surface area contributed by atoms with Crippen LogP contribution in [0.25, 0.3) is 0 Å². The van der Waals surface area contributed by atoms with Crippen molar-refractivity contribution in [1.82, 2.24) is 4.90 Å². The smallest absolute Gasteiger partial charge is 0.257 e. The summed E-state index contributed by atoms with van der Waals surface area (Å²) in [7, 11) is 1.58. The van der Waals surface area contributed by atoms with Crippen LogP contribution in [0.3, 0.4) is 0 Å². The number of rotatable bonds is 3. The summed E-state index contributed by atoms with van der Waals surface area (Å²) in [5.41, 5.74) is 0.882. The topological polar surface area (TPSA) is 60.8 Å². The van der Waals surface area contributed by atoms with Crippen LogP contribution in [0.2, 0.25) is 0 Å². The van der Waals surface area contributed by atoms with Gasteiger partial charge >= 0.3 is 0 Å². The summed E-state index contributed by atoms with van der Waals surface area (Å²) in [6.07, 6.45) is 0. The molecule has 1 amide bonds. The number of amides is 1. The molecule has 0 unspecified atom stereocenters. The quantitative estimate of drug-likeness (QED) is 0.904. The molecule has 0 atom stereocenters. The molecule has 2 N–H and O–H groups in total. The molecule has 104 valence electrons. The van der Waals surface area contributed by atoms with Gasteiger partial charge in [0.25, 0.3) is 5.91 Å². The number of hydrogen-bond acceptors (Lipinski definition) is 3. The molecule has 2 rings (SSSR count). The Bertz CT molecular complexity index is 626. The summed E-state index contributed by atoms with van der Waals surface area (Å²) in [4.78, 5) is 13.6. The Morgan fingerprint density at radius 1 is 1.15 bits per heavy atom. The average Bonchev–Trinajstić information content (AvgIpc) is 2.40. The highest BCUT2D eigenvalue weighted by molar-refractivity contribution is 5.96. The maximum atomic E-state index is 12.8. The molecule has 0 fully saturated rings. The van der Waals surface area contributed by atoms with Crippen molar-refractivity contribution in [3.05, 3.63) is 59.4 Å². The van der Waals surface area contributed by atoms with E-state index in [0.29, 0.717) is 6.54 Å². The van der Waals surface area contributed by atoms with Gasteiger partial charge in [0, 0.05) is 19.7 Å². The van der Waals surface area contributed by atoms with Crippen LogP contribution in [-0.4, -0.2) is 28.1 Å². The molecule has 0 heterocycles. The van der Waals surface area contributed by atoms with Crippen LogP contribution in [0.4, 0.5) is 4.39 Å². The minimum Gasteiger partial charge on any atom is -0.508 e. The largest absolute Gasteiger partial charge is 0.508 e. The Hall–Kier alpha value is -2.56. The first-order valence-electron chi connectivity index (χ1n) is 5.99. The van der Waals surface area contributed by atoms with Crippen molar-refractivity contribution < 1.29 is 19.4 Å². The van der Waals surface area contributed by atoms with E-state index in [1.807, 2.05) is 0 Å². The lowest BCUT2D eigenvalue weighted by Crippen LogP contribution is -2.26. The highest BCUT2D eigenvalue weighted by Crippen LogP contribution is 2.24. The van der Waals surface area contributed by atoms with Crippen LogP contribution in [0, 0.1) is 5.82 Å². The molecule has 0 aliphatic rings. The number of carbonyl (C=O) groups is 1. The molecule has 0 radical (unpaired) electrons. The zero-order valence-electron chi connectivity index (χ0n) is 10.9. The summed E-state index contributed by atoms with van der Waals surface area (Å²) in [5.74, 6) is -1.10. The van der Waals surface area contributed by atoms with Gasteiger partial charge in [0.15, 0.2) is 0 Å². The zero-order valence-corrected chi connectivity index (χ0v) is 10.9. The maximum Gasteiger partial charge on any atom is 0.257 e. The van der Waals surface area contributed by atoms with Gasteiger partial charge in [-0.25, -0.2) is 4.39 Å². The third-order valence-electron chi connectivity index (χ3n) is 2.89. The molecule has 2 aromatic rings. The van der Waals surface area contributed by atoms with E-state index in [4.69, 9.17) is 0 Å². The Kier molecular flexibility index (Phi) is 3.89. The molecule has 0 bridgehead atoms. The fourth-order valence-electron chi connectivity index (χ4n) is 1.84. The van der Waals surface area contributed by atoms with Crippen LogP contribution >= 0.6 is 0 Å². The van der Waals surface area contributed by atoms with Gasteiger partial charge < -0.3 is 15.1 Å². The van der Waals surface area contributed by atoms with Crippen LogP contribution in [0.15, 0.2) is 42.5 Å². The van der Waals surface area contributed by atoms with E-state index in [1.54, 1.807) is 19.2 Å². The summed E-state index contributed by atoms with van der Waals surface area (Å²) in [5, 5.41) is 18.9. The second kappa shape index (κ2) is 5.61. The second-order valence-electron chi connectivity index (χ2n) is 4.49. The van der Waals surface area contributed by atoms with Crippen LogP contribution in [0.1, 0.15) is 15.9 Å². The summed E-state index contributed by atoms with van der Waals surface area (Å²) < 4.78 is 12.8. The second-order valence-corrected chi connectivity index (χ2v) is 4.49. The van der Waals surface area contributed by atoms with Crippen molar-refractivity contribution in [2.24, 2.45) is 0 Å². The minimum absolute atomic E-state index is 0.104. The van der Waals surface area contributed by atoms with Crippen LogP contribution in [-0.2, 0) is 6.54 Å². The SMILES string of the molecule is CN(Cc1ccc(F)cc1)C(=O)c1ccc(O)cc1O. The first kappa shape index (κ1) is 13.9. The fourth-order valence-corrected chi connectivity index (χ4v) is 1.84. The number of aromatic hydroxyl groups is 2. The van der Waals surface area contributed by atoms with E-state index < -0.39 is 0 Å². The molecule has 0 saturated carbocycles. The molecule has 4 nitrogen and oxygen atoms in total. The number of phenols is 2. The lowest BCUT2D eigenvalue weighted by Gasteiger charge is -2.18.